The smallest absolute Gasteiger partial charge is 0.442 e. The first kappa shape index (κ1) is 20.0. The van der Waals surface area contributed by atoms with Gasteiger partial charge in [-0.25, -0.2) is 9.78 Å². The first-order valence-corrected chi connectivity index (χ1v) is 8.50. The lowest BCUT2D eigenvalue weighted by Crippen LogP contribution is -2.69. The molecule has 0 unspecified atom stereocenters. The van der Waals surface area contributed by atoms with Gasteiger partial charge in [-0.1, -0.05) is 37.3 Å². The van der Waals surface area contributed by atoms with Crippen molar-refractivity contribution in [2.45, 2.75) is 32.1 Å². The number of ether oxygens (including phenoxy) is 1. The van der Waals surface area contributed by atoms with Crippen LogP contribution >= 0.6 is 11.3 Å². The zero-order valence-electron chi connectivity index (χ0n) is 14.3. The van der Waals surface area contributed by atoms with Crippen LogP contribution in [0, 0.1) is 5.92 Å². The lowest BCUT2D eigenvalue weighted by molar-refractivity contribution is -0.206. The van der Waals surface area contributed by atoms with E-state index in [0.29, 0.717) is 10.2 Å². The van der Waals surface area contributed by atoms with Crippen molar-refractivity contribution in [3.63, 3.8) is 0 Å². The summed E-state index contributed by atoms with van der Waals surface area (Å²) >= 11 is 0.928. The monoisotopic (exact) mass is 389 g/mol. The van der Waals surface area contributed by atoms with Crippen molar-refractivity contribution in [2.75, 3.05) is 12.4 Å². The molecule has 0 bridgehead atoms. The number of thiazole rings is 1. The molecule has 0 fully saturated rings. The number of hydrogen-bond donors (Lipinski definition) is 2. The minimum absolute atomic E-state index is 0.168. The minimum Gasteiger partial charge on any atom is -0.466 e. The van der Waals surface area contributed by atoms with Gasteiger partial charge >= 0.3 is 17.8 Å². The number of alkyl halides is 3. The van der Waals surface area contributed by atoms with E-state index in [1.165, 1.54) is 0 Å². The highest BCUT2D eigenvalue weighted by Crippen LogP contribution is 2.35. The van der Waals surface area contributed by atoms with E-state index >= 15 is 0 Å². The second-order valence-corrected chi connectivity index (χ2v) is 7.03. The first-order chi connectivity index (χ1) is 12.1. The van der Waals surface area contributed by atoms with Gasteiger partial charge in [0.1, 0.15) is 0 Å². The number of rotatable bonds is 6. The molecule has 0 saturated carbocycles. The summed E-state index contributed by atoms with van der Waals surface area (Å²) < 4.78 is 46.5. The van der Waals surface area contributed by atoms with Gasteiger partial charge in [0.25, 0.3) is 0 Å². The first-order valence-electron chi connectivity index (χ1n) is 7.69. The molecule has 1 atom stereocenters. The average Bonchev–Trinajstić information content (AvgIpc) is 2.93. The Morgan fingerprint density at radius 1 is 1.27 bits per heavy atom. The van der Waals surface area contributed by atoms with Crippen LogP contribution in [0.15, 0.2) is 24.3 Å². The number of para-hydroxylation sites is 1. The van der Waals surface area contributed by atoms with E-state index in [2.05, 4.69) is 15.0 Å². The quantitative estimate of drug-likeness (QED) is 0.585. The topological polar surface area (TPSA) is 80.3 Å². The molecule has 0 spiro atoms. The average molecular weight is 389 g/mol. The van der Waals surface area contributed by atoms with Gasteiger partial charge in [0.05, 0.1) is 17.3 Å². The molecule has 0 aliphatic heterocycles. The lowest BCUT2D eigenvalue weighted by Gasteiger charge is -2.34. The third-order valence-electron chi connectivity index (χ3n) is 3.43. The Morgan fingerprint density at radius 3 is 2.46 bits per heavy atom. The van der Waals surface area contributed by atoms with E-state index in [1.807, 2.05) is 0 Å². The fourth-order valence-electron chi connectivity index (χ4n) is 2.26. The van der Waals surface area contributed by atoms with Crippen molar-refractivity contribution in [3.05, 3.63) is 24.3 Å². The summed E-state index contributed by atoms with van der Waals surface area (Å²) in [5.41, 5.74) is -2.96. The van der Waals surface area contributed by atoms with Gasteiger partial charge < -0.3 is 15.4 Å². The predicted octanol–water partition coefficient (Wildman–Crippen LogP) is 3.30. The standard InChI is InChI=1S/C16H18F3N3O3S/c1-9(2)8-12(23)21-15(13(24)25-3,16(17,18)19)22-14-20-10-6-4-5-7-11(10)26-14/h4-7,9H,8H2,1-3H3,(H,20,22)(H,21,23)/t15-/m1/s1. The molecule has 26 heavy (non-hydrogen) atoms. The van der Waals surface area contributed by atoms with E-state index in [9.17, 15) is 22.8 Å². The molecular formula is C16H18F3N3O3S. The molecule has 0 saturated heterocycles. The van der Waals surface area contributed by atoms with Gasteiger partial charge in [0.2, 0.25) is 5.91 Å². The largest absolute Gasteiger partial charge is 0.466 e. The third-order valence-corrected chi connectivity index (χ3v) is 4.38. The van der Waals surface area contributed by atoms with Crippen LogP contribution in [0.4, 0.5) is 18.3 Å². The van der Waals surface area contributed by atoms with E-state index in [4.69, 9.17) is 0 Å². The van der Waals surface area contributed by atoms with Crippen molar-refractivity contribution < 1.29 is 27.5 Å². The lowest BCUT2D eigenvalue weighted by atomic mass is 10.1. The van der Waals surface area contributed by atoms with Gasteiger partial charge in [-0.15, -0.1) is 0 Å². The van der Waals surface area contributed by atoms with Crippen LogP contribution in [-0.2, 0) is 14.3 Å². The Kier molecular flexibility index (Phi) is 5.74. The molecule has 0 aliphatic rings. The zero-order valence-corrected chi connectivity index (χ0v) is 15.1. The number of methoxy groups -OCH3 is 1. The Balaban J connectivity index is 2.46. The Labute approximate surface area is 151 Å². The molecule has 1 aromatic heterocycles. The number of fused-ring (bicyclic) bond motifs is 1. The number of hydrogen-bond acceptors (Lipinski definition) is 6. The van der Waals surface area contributed by atoms with Crippen LogP contribution in [0.5, 0.6) is 0 Å². The molecule has 1 aromatic carbocycles. The Hall–Kier alpha value is -2.36. The number of benzene rings is 1. The van der Waals surface area contributed by atoms with Crippen molar-refractivity contribution in [2.24, 2.45) is 5.92 Å². The maximum atomic E-state index is 13.9. The fraction of sp³-hybridized carbons (Fsp3) is 0.438. The highest BCUT2D eigenvalue weighted by atomic mass is 32.1. The van der Waals surface area contributed by atoms with Crippen LogP contribution in [0.2, 0.25) is 0 Å². The second-order valence-electron chi connectivity index (χ2n) is 6.00. The molecule has 0 aliphatic carbocycles. The van der Waals surface area contributed by atoms with Crippen LogP contribution in [-0.4, -0.2) is 35.8 Å². The zero-order chi connectivity index (χ0) is 19.5. The summed E-state index contributed by atoms with van der Waals surface area (Å²) in [5.74, 6) is -2.81. The SMILES string of the molecule is COC(=O)[C@@](NC(=O)CC(C)C)(Nc1nc2ccccc2s1)C(F)(F)F. The highest BCUT2D eigenvalue weighted by molar-refractivity contribution is 7.22. The highest BCUT2D eigenvalue weighted by Gasteiger charge is 2.63. The molecular weight excluding hydrogens is 371 g/mol. The van der Waals surface area contributed by atoms with Crippen molar-refractivity contribution >= 4 is 38.6 Å². The molecule has 0 radical (unpaired) electrons. The number of carbonyl (C=O) groups is 2. The number of halogens is 3. The van der Waals surface area contributed by atoms with E-state index < -0.39 is 23.7 Å². The summed E-state index contributed by atoms with van der Waals surface area (Å²) in [6, 6.07) is 6.71. The molecule has 142 valence electrons. The van der Waals surface area contributed by atoms with Crippen LogP contribution in [0.25, 0.3) is 10.2 Å². The van der Waals surface area contributed by atoms with Gasteiger partial charge in [0, 0.05) is 6.42 Å². The van der Waals surface area contributed by atoms with Gasteiger partial charge in [-0.3, -0.25) is 4.79 Å². The van der Waals surface area contributed by atoms with Crippen LogP contribution in [0.1, 0.15) is 20.3 Å². The molecule has 2 rings (SSSR count). The number of amides is 1. The number of anilines is 1. The number of nitrogens with zero attached hydrogens (tertiary/aromatic N) is 1. The van der Waals surface area contributed by atoms with E-state index in [1.54, 1.807) is 43.4 Å². The van der Waals surface area contributed by atoms with Gasteiger partial charge in [0.15, 0.2) is 5.13 Å². The number of carbonyl (C=O) groups excluding carboxylic acids is 2. The summed E-state index contributed by atoms with van der Waals surface area (Å²) in [4.78, 5) is 28.1. The van der Waals surface area contributed by atoms with E-state index in [0.717, 1.165) is 18.4 Å². The summed E-state index contributed by atoms with van der Waals surface area (Å²) in [6.45, 7) is 3.35. The van der Waals surface area contributed by atoms with Gasteiger partial charge in [-0.05, 0) is 18.1 Å². The fourth-order valence-corrected chi connectivity index (χ4v) is 3.18. The molecule has 10 heteroatoms. The van der Waals surface area contributed by atoms with Crippen LogP contribution < -0.4 is 10.6 Å². The molecule has 2 aromatic rings. The molecule has 1 amide bonds. The van der Waals surface area contributed by atoms with Crippen molar-refractivity contribution in [1.29, 1.82) is 0 Å². The predicted molar refractivity (Wildman–Crippen MR) is 91.6 cm³/mol. The maximum absolute atomic E-state index is 13.9. The van der Waals surface area contributed by atoms with E-state index in [-0.39, 0.29) is 17.5 Å². The number of esters is 1. The number of nitrogens with one attached hydrogen (secondary N) is 2. The number of aromatic nitrogens is 1. The summed E-state index contributed by atoms with van der Waals surface area (Å²) in [6.07, 6.45) is -5.35. The molecule has 2 N–H and O–H groups in total. The summed E-state index contributed by atoms with van der Waals surface area (Å²) in [7, 11) is 0.817. The van der Waals surface area contributed by atoms with Crippen molar-refractivity contribution in [1.82, 2.24) is 10.3 Å². The Bertz CT molecular complexity index is 774. The minimum atomic E-state index is -5.16. The Morgan fingerprint density at radius 2 is 1.92 bits per heavy atom. The summed E-state index contributed by atoms with van der Waals surface area (Å²) in [5, 5.41) is 3.65. The molecule has 1 heterocycles. The van der Waals surface area contributed by atoms with Gasteiger partial charge in [-0.2, -0.15) is 13.2 Å². The normalized spacial score (nSPS) is 14.1. The van der Waals surface area contributed by atoms with Crippen molar-refractivity contribution in [3.8, 4) is 0 Å². The van der Waals surface area contributed by atoms with Crippen LogP contribution in [0.3, 0.4) is 0 Å². The second kappa shape index (κ2) is 7.48. The third kappa shape index (κ3) is 4.06. The molecule has 6 nitrogen and oxygen atoms in total. The maximum Gasteiger partial charge on any atom is 0.442 e.